The quantitative estimate of drug-likeness (QED) is 0.546. The van der Waals surface area contributed by atoms with Crippen LogP contribution in [0.3, 0.4) is 0 Å². The summed E-state index contributed by atoms with van der Waals surface area (Å²) in [6.45, 7) is 2.07. The maximum absolute atomic E-state index is 9.22. The van der Waals surface area contributed by atoms with Crippen molar-refractivity contribution in [3.63, 3.8) is 0 Å². The average molecular weight is 207 g/mol. The molecule has 4 nitrogen and oxygen atoms in total. The van der Waals surface area contributed by atoms with E-state index >= 15 is 0 Å². The molecule has 1 atom stereocenters. The fourth-order valence-corrected chi connectivity index (χ4v) is 1.83. The van der Waals surface area contributed by atoms with E-state index in [9.17, 15) is 10.0 Å². The summed E-state index contributed by atoms with van der Waals surface area (Å²) < 4.78 is 5.35. The number of hydrogen-bond acceptors (Lipinski definition) is 4. The van der Waals surface area contributed by atoms with Gasteiger partial charge in [-0.1, -0.05) is 24.3 Å². The van der Waals surface area contributed by atoms with Crippen LogP contribution in [0.25, 0.3) is 0 Å². The van der Waals surface area contributed by atoms with E-state index in [0.717, 1.165) is 12.1 Å². The number of hydrogen-bond donors (Lipinski definition) is 3. The Balaban J connectivity index is 2.25. The van der Waals surface area contributed by atoms with E-state index in [1.807, 2.05) is 12.1 Å². The minimum absolute atomic E-state index is 0.0525. The van der Waals surface area contributed by atoms with E-state index in [4.69, 9.17) is 4.74 Å². The van der Waals surface area contributed by atoms with Crippen LogP contribution in [0.15, 0.2) is 24.3 Å². The second-order valence-corrected chi connectivity index (χ2v) is 3.58. The van der Waals surface area contributed by atoms with E-state index in [1.54, 1.807) is 12.1 Å². The first kappa shape index (κ1) is 10.6. The lowest BCUT2D eigenvalue weighted by molar-refractivity contribution is 0.0771. The molecule has 0 amide bonds. The molecule has 15 heavy (non-hydrogen) atoms. The summed E-state index contributed by atoms with van der Waals surface area (Å²) in [5.74, 6) is 0. The highest BCUT2D eigenvalue weighted by atomic mass is 16.5. The Morgan fingerprint density at radius 1 is 1.33 bits per heavy atom. The second-order valence-electron chi connectivity index (χ2n) is 3.58. The molecule has 0 aliphatic carbocycles. The smallest absolute Gasteiger partial charge is 0.423 e. The third-order valence-corrected chi connectivity index (χ3v) is 2.57. The van der Waals surface area contributed by atoms with Gasteiger partial charge in [0.15, 0.2) is 0 Å². The Kier molecular flexibility index (Phi) is 3.38. The van der Waals surface area contributed by atoms with Gasteiger partial charge in [0.05, 0.1) is 19.3 Å². The molecule has 3 N–H and O–H groups in total. The van der Waals surface area contributed by atoms with Crippen molar-refractivity contribution in [1.29, 1.82) is 0 Å². The van der Waals surface area contributed by atoms with Crippen molar-refractivity contribution in [1.82, 2.24) is 5.32 Å². The van der Waals surface area contributed by atoms with Crippen LogP contribution >= 0.6 is 0 Å². The summed E-state index contributed by atoms with van der Waals surface area (Å²) in [5.41, 5.74) is 1.44. The maximum atomic E-state index is 9.22. The Morgan fingerprint density at radius 2 is 2.13 bits per heavy atom. The van der Waals surface area contributed by atoms with Crippen molar-refractivity contribution in [2.45, 2.75) is 6.04 Å². The van der Waals surface area contributed by atoms with Crippen molar-refractivity contribution >= 4 is 12.6 Å². The number of benzene rings is 1. The summed E-state index contributed by atoms with van der Waals surface area (Å²) in [5, 5.41) is 21.7. The fraction of sp³-hybridized carbons (Fsp3) is 0.400. The second kappa shape index (κ2) is 4.76. The van der Waals surface area contributed by atoms with Gasteiger partial charge in [0.2, 0.25) is 0 Å². The van der Waals surface area contributed by atoms with Gasteiger partial charge in [0.25, 0.3) is 0 Å². The third kappa shape index (κ3) is 2.38. The monoisotopic (exact) mass is 207 g/mol. The lowest BCUT2D eigenvalue weighted by Crippen LogP contribution is -2.41. The van der Waals surface area contributed by atoms with E-state index in [-0.39, 0.29) is 6.04 Å². The first-order valence-corrected chi connectivity index (χ1v) is 5.05. The predicted octanol–water partition coefficient (Wildman–Crippen LogP) is -0.973. The summed E-state index contributed by atoms with van der Waals surface area (Å²) in [6.07, 6.45) is 0. The zero-order valence-electron chi connectivity index (χ0n) is 8.39. The standard InChI is InChI=1S/C10H14BNO3/c13-11(14)9-4-2-1-3-8(9)10-7-15-6-5-12-10/h1-4,10,12-14H,5-7H2. The summed E-state index contributed by atoms with van der Waals surface area (Å²) in [4.78, 5) is 0. The third-order valence-electron chi connectivity index (χ3n) is 2.57. The van der Waals surface area contributed by atoms with E-state index < -0.39 is 7.12 Å². The molecule has 1 unspecified atom stereocenters. The van der Waals surface area contributed by atoms with Crippen molar-refractivity contribution in [2.24, 2.45) is 0 Å². The van der Waals surface area contributed by atoms with Gasteiger partial charge >= 0.3 is 7.12 Å². The predicted molar refractivity (Wildman–Crippen MR) is 57.8 cm³/mol. The maximum Gasteiger partial charge on any atom is 0.488 e. The molecule has 80 valence electrons. The molecule has 2 rings (SSSR count). The largest absolute Gasteiger partial charge is 0.488 e. The van der Waals surface area contributed by atoms with Crippen LogP contribution in [0.5, 0.6) is 0 Å². The molecular weight excluding hydrogens is 193 g/mol. The van der Waals surface area contributed by atoms with Gasteiger partial charge < -0.3 is 20.1 Å². The Bertz CT molecular complexity index is 326. The minimum Gasteiger partial charge on any atom is -0.423 e. The zero-order valence-corrected chi connectivity index (χ0v) is 8.39. The summed E-state index contributed by atoms with van der Waals surface area (Å²) in [7, 11) is -1.43. The van der Waals surface area contributed by atoms with Crippen LogP contribution in [-0.2, 0) is 4.74 Å². The molecule has 5 heteroatoms. The average Bonchev–Trinajstić information content (AvgIpc) is 2.30. The molecular formula is C10H14BNO3. The molecule has 0 bridgehead atoms. The number of rotatable bonds is 2. The Morgan fingerprint density at radius 3 is 2.80 bits per heavy atom. The van der Waals surface area contributed by atoms with Crippen molar-refractivity contribution < 1.29 is 14.8 Å². The summed E-state index contributed by atoms with van der Waals surface area (Å²) >= 11 is 0. The van der Waals surface area contributed by atoms with Gasteiger partial charge in [-0.05, 0) is 11.0 Å². The van der Waals surface area contributed by atoms with Gasteiger partial charge in [-0.3, -0.25) is 0 Å². The number of ether oxygens (including phenoxy) is 1. The molecule has 1 aromatic carbocycles. The van der Waals surface area contributed by atoms with Gasteiger partial charge in [-0.2, -0.15) is 0 Å². The fourth-order valence-electron chi connectivity index (χ4n) is 1.83. The van der Waals surface area contributed by atoms with Crippen molar-refractivity contribution in [3.8, 4) is 0 Å². The molecule has 0 saturated carbocycles. The lowest BCUT2D eigenvalue weighted by Gasteiger charge is -2.26. The number of nitrogens with one attached hydrogen (secondary N) is 1. The Hall–Kier alpha value is -0.875. The van der Waals surface area contributed by atoms with Gasteiger partial charge in [-0.15, -0.1) is 0 Å². The van der Waals surface area contributed by atoms with E-state index in [1.165, 1.54) is 0 Å². The van der Waals surface area contributed by atoms with Gasteiger partial charge in [0.1, 0.15) is 0 Å². The van der Waals surface area contributed by atoms with E-state index in [2.05, 4.69) is 5.32 Å². The first-order chi connectivity index (χ1) is 7.29. The molecule has 1 aromatic rings. The molecule has 1 aliphatic heterocycles. The van der Waals surface area contributed by atoms with Crippen LogP contribution in [-0.4, -0.2) is 36.9 Å². The Labute approximate surface area is 89.0 Å². The SMILES string of the molecule is OB(O)c1ccccc1C1COCCN1. The zero-order chi connectivity index (χ0) is 10.7. The summed E-state index contributed by atoms with van der Waals surface area (Å²) in [6, 6.07) is 7.34. The normalized spacial score (nSPS) is 21.3. The molecule has 1 saturated heterocycles. The topological polar surface area (TPSA) is 61.7 Å². The van der Waals surface area contributed by atoms with E-state index in [0.29, 0.717) is 18.7 Å². The van der Waals surface area contributed by atoms with Crippen LogP contribution < -0.4 is 10.8 Å². The van der Waals surface area contributed by atoms with Gasteiger partial charge in [0, 0.05) is 6.54 Å². The van der Waals surface area contributed by atoms with Crippen LogP contribution in [0.2, 0.25) is 0 Å². The molecule has 0 spiro atoms. The van der Waals surface area contributed by atoms with Crippen molar-refractivity contribution in [3.05, 3.63) is 29.8 Å². The molecule has 0 radical (unpaired) electrons. The highest BCUT2D eigenvalue weighted by Gasteiger charge is 2.22. The number of morpholine rings is 1. The van der Waals surface area contributed by atoms with Crippen LogP contribution in [0.1, 0.15) is 11.6 Å². The molecule has 0 aromatic heterocycles. The highest BCUT2D eigenvalue weighted by Crippen LogP contribution is 2.13. The van der Waals surface area contributed by atoms with Crippen LogP contribution in [0.4, 0.5) is 0 Å². The highest BCUT2D eigenvalue weighted by molar-refractivity contribution is 6.59. The molecule has 1 fully saturated rings. The lowest BCUT2D eigenvalue weighted by atomic mass is 9.75. The first-order valence-electron chi connectivity index (χ1n) is 5.05. The molecule has 1 heterocycles. The molecule has 1 aliphatic rings. The van der Waals surface area contributed by atoms with Crippen LogP contribution in [0, 0.1) is 0 Å². The van der Waals surface area contributed by atoms with Gasteiger partial charge in [-0.25, -0.2) is 0 Å². The minimum atomic E-state index is -1.43. The van der Waals surface area contributed by atoms with Crippen molar-refractivity contribution in [2.75, 3.05) is 19.8 Å².